The Morgan fingerprint density at radius 3 is 2.77 bits per heavy atom. The van der Waals surface area contributed by atoms with Gasteiger partial charge in [-0.1, -0.05) is 13.3 Å². The summed E-state index contributed by atoms with van der Waals surface area (Å²) in [4.78, 5) is 29.9. The van der Waals surface area contributed by atoms with E-state index in [-0.39, 0.29) is 17.9 Å². The molecule has 2 amide bonds. The fourth-order valence-electron chi connectivity index (χ4n) is 4.22. The Morgan fingerprint density at radius 2 is 2.12 bits per heavy atom. The summed E-state index contributed by atoms with van der Waals surface area (Å²) in [6.07, 6.45) is 6.59. The summed E-state index contributed by atoms with van der Waals surface area (Å²) < 4.78 is 0. The number of nitrogens with two attached hydrogens (primary N) is 1. The molecular formula is C20H31N3O2S. The molecule has 0 spiro atoms. The van der Waals surface area contributed by atoms with E-state index in [0.29, 0.717) is 18.4 Å². The third-order valence-electron chi connectivity index (χ3n) is 6.02. The average molecular weight is 378 g/mol. The number of rotatable bonds is 7. The molecule has 1 unspecified atom stereocenters. The van der Waals surface area contributed by atoms with Crippen LogP contribution < -0.4 is 5.73 Å². The van der Waals surface area contributed by atoms with Gasteiger partial charge >= 0.3 is 0 Å². The van der Waals surface area contributed by atoms with E-state index in [1.807, 2.05) is 28.3 Å². The van der Waals surface area contributed by atoms with E-state index in [2.05, 4.69) is 6.92 Å². The molecule has 1 aliphatic carbocycles. The van der Waals surface area contributed by atoms with Gasteiger partial charge in [-0.15, -0.1) is 11.3 Å². The SMILES string of the molecule is CCCCN(C)C(=O)CC(N)C1CCC(N2Cc3sccc3C2=O)CC1. The Labute approximate surface area is 160 Å². The molecule has 1 saturated carbocycles. The average Bonchev–Trinajstić information content (AvgIpc) is 3.22. The predicted octanol–water partition coefficient (Wildman–Crippen LogP) is 3.24. The van der Waals surface area contributed by atoms with Gasteiger partial charge in [0.25, 0.3) is 5.91 Å². The molecule has 1 fully saturated rings. The van der Waals surface area contributed by atoms with Crippen molar-refractivity contribution >= 4 is 23.2 Å². The van der Waals surface area contributed by atoms with Crippen molar-refractivity contribution in [2.24, 2.45) is 11.7 Å². The number of hydrogen-bond donors (Lipinski definition) is 1. The summed E-state index contributed by atoms with van der Waals surface area (Å²) in [7, 11) is 1.87. The van der Waals surface area contributed by atoms with Crippen molar-refractivity contribution in [2.75, 3.05) is 13.6 Å². The maximum atomic E-state index is 12.5. The van der Waals surface area contributed by atoms with Crippen molar-refractivity contribution in [3.8, 4) is 0 Å². The lowest BCUT2D eigenvalue weighted by atomic mass is 9.80. The van der Waals surface area contributed by atoms with E-state index in [1.54, 1.807) is 11.3 Å². The summed E-state index contributed by atoms with van der Waals surface area (Å²) in [5, 5.41) is 2.00. The molecular weight excluding hydrogens is 346 g/mol. The fourth-order valence-corrected chi connectivity index (χ4v) is 5.08. The second-order valence-electron chi connectivity index (χ2n) is 7.80. The number of unbranched alkanes of at least 4 members (excludes halogenated alkanes) is 1. The molecule has 0 radical (unpaired) electrons. The lowest BCUT2D eigenvalue weighted by Gasteiger charge is -2.36. The van der Waals surface area contributed by atoms with Gasteiger partial charge in [-0.25, -0.2) is 0 Å². The molecule has 26 heavy (non-hydrogen) atoms. The number of fused-ring (bicyclic) bond motifs is 1. The molecule has 0 bridgehead atoms. The number of nitrogens with zero attached hydrogens (tertiary/aromatic N) is 2. The molecule has 6 heteroatoms. The Balaban J connectivity index is 1.45. The van der Waals surface area contributed by atoms with Crippen molar-refractivity contribution < 1.29 is 9.59 Å². The molecule has 2 aliphatic rings. The maximum Gasteiger partial charge on any atom is 0.255 e. The van der Waals surface area contributed by atoms with Crippen LogP contribution in [-0.4, -0.2) is 47.3 Å². The number of amides is 2. The summed E-state index contributed by atoms with van der Waals surface area (Å²) in [6.45, 7) is 3.72. The first kappa shape index (κ1) is 19.4. The number of hydrogen-bond acceptors (Lipinski definition) is 4. The van der Waals surface area contributed by atoms with E-state index in [4.69, 9.17) is 5.73 Å². The van der Waals surface area contributed by atoms with Crippen molar-refractivity contribution in [3.63, 3.8) is 0 Å². The molecule has 2 N–H and O–H groups in total. The van der Waals surface area contributed by atoms with E-state index >= 15 is 0 Å². The molecule has 3 rings (SSSR count). The molecule has 1 atom stereocenters. The lowest BCUT2D eigenvalue weighted by molar-refractivity contribution is -0.130. The van der Waals surface area contributed by atoms with Crippen molar-refractivity contribution in [1.29, 1.82) is 0 Å². The van der Waals surface area contributed by atoms with Gasteiger partial charge in [0.15, 0.2) is 0 Å². The highest BCUT2D eigenvalue weighted by atomic mass is 32.1. The van der Waals surface area contributed by atoms with Crippen LogP contribution >= 0.6 is 11.3 Å². The number of thiophene rings is 1. The van der Waals surface area contributed by atoms with Gasteiger partial charge in [0, 0.05) is 37.0 Å². The Morgan fingerprint density at radius 1 is 1.38 bits per heavy atom. The van der Waals surface area contributed by atoms with Crippen LogP contribution in [0.3, 0.4) is 0 Å². The van der Waals surface area contributed by atoms with Gasteiger partial charge in [-0.3, -0.25) is 9.59 Å². The van der Waals surface area contributed by atoms with Crippen LogP contribution in [0.25, 0.3) is 0 Å². The lowest BCUT2D eigenvalue weighted by Crippen LogP contribution is -2.43. The highest BCUT2D eigenvalue weighted by Gasteiger charge is 2.36. The first-order valence-electron chi connectivity index (χ1n) is 9.88. The normalized spacial score (nSPS) is 23.8. The Bertz CT molecular complexity index is 637. The van der Waals surface area contributed by atoms with Crippen LogP contribution in [0.2, 0.25) is 0 Å². The van der Waals surface area contributed by atoms with Crippen LogP contribution in [0.1, 0.15) is 67.1 Å². The quantitative estimate of drug-likeness (QED) is 0.793. The predicted molar refractivity (Wildman–Crippen MR) is 105 cm³/mol. The molecule has 1 aliphatic heterocycles. The summed E-state index contributed by atoms with van der Waals surface area (Å²) >= 11 is 1.68. The highest BCUT2D eigenvalue weighted by molar-refractivity contribution is 7.10. The molecule has 5 nitrogen and oxygen atoms in total. The van der Waals surface area contributed by atoms with Gasteiger partial charge in [0.2, 0.25) is 5.91 Å². The van der Waals surface area contributed by atoms with Crippen molar-refractivity contribution in [1.82, 2.24) is 9.80 Å². The van der Waals surface area contributed by atoms with Gasteiger partial charge in [0.05, 0.1) is 12.1 Å². The molecule has 144 valence electrons. The second kappa shape index (κ2) is 8.53. The zero-order chi connectivity index (χ0) is 18.7. The van der Waals surface area contributed by atoms with E-state index in [9.17, 15) is 9.59 Å². The number of carbonyl (C=O) groups is 2. The van der Waals surface area contributed by atoms with Crippen LogP contribution in [0, 0.1) is 5.92 Å². The van der Waals surface area contributed by atoms with E-state index < -0.39 is 0 Å². The van der Waals surface area contributed by atoms with E-state index in [1.165, 1.54) is 4.88 Å². The number of carbonyl (C=O) groups excluding carboxylic acids is 2. The van der Waals surface area contributed by atoms with Gasteiger partial charge in [0.1, 0.15) is 0 Å². The van der Waals surface area contributed by atoms with Crippen LogP contribution in [0.5, 0.6) is 0 Å². The molecule has 0 aromatic carbocycles. The highest BCUT2D eigenvalue weighted by Crippen LogP contribution is 2.36. The first-order valence-corrected chi connectivity index (χ1v) is 10.8. The van der Waals surface area contributed by atoms with E-state index in [0.717, 1.165) is 57.2 Å². The van der Waals surface area contributed by atoms with Gasteiger partial charge < -0.3 is 15.5 Å². The third kappa shape index (κ3) is 4.12. The zero-order valence-corrected chi connectivity index (χ0v) is 16.8. The Hall–Kier alpha value is -1.40. The largest absolute Gasteiger partial charge is 0.346 e. The molecule has 1 aromatic rings. The summed E-state index contributed by atoms with van der Waals surface area (Å²) in [6, 6.07) is 2.21. The minimum Gasteiger partial charge on any atom is -0.346 e. The maximum absolute atomic E-state index is 12.5. The van der Waals surface area contributed by atoms with Crippen LogP contribution in [-0.2, 0) is 11.3 Å². The second-order valence-corrected chi connectivity index (χ2v) is 8.80. The summed E-state index contributed by atoms with van der Waals surface area (Å²) in [5.74, 6) is 0.746. The topological polar surface area (TPSA) is 66.6 Å². The standard InChI is InChI=1S/C20H31N3O2S/c1-3-4-10-22(2)19(24)12-17(21)14-5-7-15(8-6-14)23-13-18-16(20(23)25)9-11-26-18/h9,11,14-15,17H,3-8,10,12-13,21H2,1-2H3. The van der Waals surface area contributed by atoms with Crippen molar-refractivity contribution in [3.05, 3.63) is 21.9 Å². The molecule has 2 heterocycles. The Kier molecular flexibility index (Phi) is 6.35. The molecule has 1 aromatic heterocycles. The molecule has 0 saturated heterocycles. The minimum atomic E-state index is -0.0663. The van der Waals surface area contributed by atoms with Gasteiger partial charge in [-0.05, 0) is 49.5 Å². The van der Waals surface area contributed by atoms with Gasteiger partial charge in [-0.2, -0.15) is 0 Å². The first-order chi connectivity index (χ1) is 12.5. The summed E-state index contributed by atoms with van der Waals surface area (Å²) in [5.41, 5.74) is 7.27. The van der Waals surface area contributed by atoms with Crippen LogP contribution in [0.4, 0.5) is 0 Å². The van der Waals surface area contributed by atoms with Crippen molar-refractivity contribution in [2.45, 2.75) is 70.5 Å². The monoisotopic (exact) mass is 377 g/mol. The zero-order valence-electron chi connectivity index (χ0n) is 15.9. The minimum absolute atomic E-state index is 0.0663. The third-order valence-corrected chi connectivity index (χ3v) is 6.93. The van der Waals surface area contributed by atoms with Crippen LogP contribution in [0.15, 0.2) is 11.4 Å². The smallest absolute Gasteiger partial charge is 0.255 e. The fraction of sp³-hybridized carbons (Fsp3) is 0.700.